The van der Waals surface area contributed by atoms with Crippen molar-refractivity contribution < 1.29 is 9.59 Å². The molecule has 4 rings (SSSR count). The van der Waals surface area contributed by atoms with E-state index in [1.165, 1.54) is 30.6 Å². The van der Waals surface area contributed by atoms with Gasteiger partial charge >= 0.3 is 0 Å². The summed E-state index contributed by atoms with van der Waals surface area (Å²) < 4.78 is 0. The van der Waals surface area contributed by atoms with Gasteiger partial charge in [-0.2, -0.15) is 0 Å². The highest BCUT2D eigenvalue weighted by Gasteiger charge is 2.31. The summed E-state index contributed by atoms with van der Waals surface area (Å²) in [6.45, 7) is 5.87. The minimum Gasteiger partial charge on any atom is -0.376 e. The van der Waals surface area contributed by atoms with Crippen molar-refractivity contribution in [3.63, 3.8) is 0 Å². The van der Waals surface area contributed by atoms with Gasteiger partial charge in [-0.25, -0.2) is 0 Å². The van der Waals surface area contributed by atoms with Gasteiger partial charge < -0.3 is 10.6 Å². The first-order chi connectivity index (χ1) is 17.8. The Balaban J connectivity index is 1.55. The molecule has 0 saturated heterocycles. The summed E-state index contributed by atoms with van der Waals surface area (Å²) in [5.74, 6) is 0.245. The zero-order valence-electron chi connectivity index (χ0n) is 21.5. The number of hydrogen-bond donors (Lipinski definition) is 2. The van der Waals surface area contributed by atoms with Crippen LogP contribution in [0.5, 0.6) is 0 Å². The molecule has 37 heavy (non-hydrogen) atoms. The fraction of sp³-hybridized carbons (Fsp3) is 0.429. The number of halogens is 1. The number of carbonyl (C=O) groups is 2. The first-order valence-electron chi connectivity index (χ1n) is 12.8. The van der Waals surface area contributed by atoms with Crippen LogP contribution < -0.4 is 15.5 Å². The zero-order chi connectivity index (χ0) is 26.4. The van der Waals surface area contributed by atoms with E-state index in [2.05, 4.69) is 27.5 Å². The molecular weight excluding hydrogens is 506 g/mol. The summed E-state index contributed by atoms with van der Waals surface area (Å²) in [6, 6.07) is 8.77. The molecule has 0 aliphatic heterocycles. The second kappa shape index (κ2) is 12.5. The normalized spacial score (nSPS) is 15.6. The number of thiophene rings is 1. The highest BCUT2D eigenvalue weighted by molar-refractivity contribution is 7.16. The first kappa shape index (κ1) is 27.1. The van der Waals surface area contributed by atoms with Gasteiger partial charge in [-0.05, 0) is 63.4 Å². The van der Waals surface area contributed by atoms with Gasteiger partial charge in [0, 0.05) is 28.7 Å². The number of rotatable bonds is 10. The molecule has 2 amide bonds. The molecule has 0 aromatic carbocycles. The number of nitrogens with zero attached hydrogens (tertiary/aromatic N) is 3. The van der Waals surface area contributed by atoms with Crippen LogP contribution in [0.3, 0.4) is 0 Å². The molecule has 2 atom stereocenters. The van der Waals surface area contributed by atoms with Crippen LogP contribution in [-0.2, 0) is 9.59 Å². The molecule has 196 valence electrons. The average molecular weight is 540 g/mol. The van der Waals surface area contributed by atoms with Gasteiger partial charge in [0.25, 0.3) is 0 Å². The Labute approximate surface area is 227 Å². The number of aromatic nitrogens is 2. The van der Waals surface area contributed by atoms with E-state index in [1.807, 2.05) is 38.1 Å². The number of nitrogens with one attached hydrogen (secondary N) is 2. The molecule has 9 heteroatoms. The summed E-state index contributed by atoms with van der Waals surface area (Å²) in [7, 11) is 0. The molecule has 1 fully saturated rings. The minimum absolute atomic E-state index is 0.0309. The Morgan fingerprint density at radius 3 is 2.70 bits per heavy atom. The number of amides is 2. The fourth-order valence-electron chi connectivity index (χ4n) is 4.89. The molecule has 1 aliphatic rings. The van der Waals surface area contributed by atoms with E-state index in [9.17, 15) is 9.59 Å². The lowest BCUT2D eigenvalue weighted by Crippen LogP contribution is -2.44. The highest BCUT2D eigenvalue weighted by Crippen LogP contribution is 2.36. The van der Waals surface area contributed by atoms with E-state index in [1.54, 1.807) is 23.4 Å². The molecule has 0 spiro atoms. The topological polar surface area (TPSA) is 87.2 Å². The standard InChI is InChI=1S/C28H34ClN5O2S/c1-18-13-23(11-12-30-18)33-28(36)25(14-21-7-5-4-6-8-21)34(17-35)27-10-9-26(37-27)20(3)32-24-15-22(29)16-31-19(24)2/h9-13,15-17,20-21,25,32H,4-8,14H2,1-3H3,(H,30,33,36)/t20-,25-/m0/s1. The Kier molecular flexibility index (Phi) is 9.16. The number of pyridine rings is 2. The van der Waals surface area contributed by atoms with Gasteiger partial charge in [0.1, 0.15) is 6.04 Å². The molecule has 3 aromatic heterocycles. The number of anilines is 3. The maximum Gasteiger partial charge on any atom is 0.247 e. The summed E-state index contributed by atoms with van der Waals surface area (Å²) >= 11 is 7.64. The summed E-state index contributed by atoms with van der Waals surface area (Å²) in [5, 5.41) is 7.81. The van der Waals surface area contributed by atoms with Crippen molar-refractivity contribution in [2.24, 2.45) is 5.92 Å². The van der Waals surface area contributed by atoms with Crippen LogP contribution in [0.25, 0.3) is 0 Å². The fourth-order valence-corrected chi connectivity index (χ4v) is 6.07. The molecule has 2 N–H and O–H groups in total. The lowest BCUT2D eigenvalue weighted by Gasteiger charge is -2.31. The van der Waals surface area contributed by atoms with Crippen LogP contribution in [0.4, 0.5) is 16.4 Å². The molecule has 0 unspecified atom stereocenters. The van der Waals surface area contributed by atoms with Crippen molar-refractivity contribution >= 4 is 51.6 Å². The van der Waals surface area contributed by atoms with E-state index in [0.717, 1.165) is 46.2 Å². The number of hydrogen-bond acceptors (Lipinski definition) is 6. The predicted molar refractivity (Wildman–Crippen MR) is 151 cm³/mol. The Morgan fingerprint density at radius 1 is 1.19 bits per heavy atom. The Hall–Kier alpha value is -2.97. The Morgan fingerprint density at radius 2 is 1.97 bits per heavy atom. The molecule has 1 aliphatic carbocycles. The maximum atomic E-state index is 13.6. The summed E-state index contributed by atoms with van der Waals surface area (Å²) in [4.78, 5) is 37.2. The van der Waals surface area contributed by atoms with Crippen molar-refractivity contribution in [2.45, 2.75) is 71.4 Å². The van der Waals surface area contributed by atoms with Gasteiger partial charge in [-0.15, -0.1) is 11.3 Å². The van der Waals surface area contributed by atoms with Gasteiger partial charge in [0.2, 0.25) is 12.3 Å². The molecule has 0 radical (unpaired) electrons. The predicted octanol–water partition coefficient (Wildman–Crippen LogP) is 6.92. The van der Waals surface area contributed by atoms with E-state index >= 15 is 0 Å². The van der Waals surface area contributed by atoms with E-state index < -0.39 is 6.04 Å². The van der Waals surface area contributed by atoms with E-state index in [-0.39, 0.29) is 11.9 Å². The molecule has 3 heterocycles. The average Bonchev–Trinajstić information content (AvgIpc) is 3.37. The third kappa shape index (κ3) is 7.08. The lowest BCUT2D eigenvalue weighted by atomic mass is 9.84. The van der Waals surface area contributed by atoms with Crippen molar-refractivity contribution in [3.05, 3.63) is 64.0 Å². The SMILES string of the molecule is Cc1cc(NC(=O)[C@H](CC2CCCCC2)N(C=O)c2ccc([C@H](C)Nc3cc(Cl)cnc3C)s2)ccn1. The Bertz CT molecular complexity index is 1230. The van der Waals surface area contributed by atoms with E-state index in [4.69, 9.17) is 11.6 Å². The molecular formula is C28H34ClN5O2S. The minimum atomic E-state index is -0.594. The molecule has 7 nitrogen and oxygen atoms in total. The third-order valence-corrected chi connectivity index (χ3v) is 8.41. The van der Waals surface area contributed by atoms with Gasteiger partial charge in [0.15, 0.2) is 0 Å². The second-order valence-electron chi connectivity index (χ2n) is 9.77. The number of aryl methyl sites for hydroxylation is 2. The van der Waals surface area contributed by atoms with Gasteiger partial charge in [0.05, 0.1) is 27.4 Å². The van der Waals surface area contributed by atoms with E-state index in [0.29, 0.717) is 23.0 Å². The second-order valence-corrected chi connectivity index (χ2v) is 11.3. The quantitative estimate of drug-likeness (QED) is 0.273. The summed E-state index contributed by atoms with van der Waals surface area (Å²) in [6.07, 6.45) is 10.5. The van der Waals surface area contributed by atoms with Crippen molar-refractivity contribution in [3.8, 4) is 0 Å². The smallest absolute Gasteiger partial charge is 0.247 e. The third-order valence-electron chi connectivity index (χ3n) is 6.92. The van der Waals surface area contributed by atoms with Crippen LogP contribution in [0.1, 0.15) is 67.8 Å². The molecule has 1 saturated carbocycles. The van der Waals surface area contributed by atoms with Crippen LogP contribution in [0, 0.1) is 19.8 Å². The van der Waals surface area contributed by atoms with Gasteiger partial charge in [-0.1, -0.05) is 43.7 Å². The zero-order valence-corrected chi connectivity index (χ0v) is 23.1. The first-order valence-corrected chi connectivity index (χ1v) is 14.0. The van der Waals surface area contributed by atoms with Crippen molar-refractivity contribution in [2.75, 3.05) is 15.5 Å². The molecule has 3 aromatic rings. The largest absolute Gasteiger partial charge is 0.376 e. The highest BCUT2D eigenvalue weighted by atomic mass is 35.5. The van der Waals surface area contributed by atoms with Crippen LogP contribution in [0.2, 0.25) is 5.02 Å². The maximum absolute atomic E-state index is 13.6. The van der Waals surface area contributed by atoms with Crippen LogP contribution in [-0.4, -0.2) is 28.3 Å². The lowest BCUT2D eigenvalue weighted by molar-refractivity contribution is -0.120. The van der Waals surface area contributed by atoms with Crippen molar-refractivity contribution in [1.29, 1.82) is 0 Å². The number of carbonyl (C=O) groups excluding carboxylic acids is 2. The van der Waals surface area contributed by atoms with Crippen LogP contribution >= 0.6 is 22.9 Å². The van der Waals surface area contributed by atoms with Crippen molar-refractivity contribution in [1.82, 2.24) is 9.97 Å². The van der Waals surface area contributed by atoms with Crippen LogP contribution in [0.15, 0.2) is 42.7 Å². The summed E-state index contributed by atoms with van der Waals surface area (Å²) in [5.41, 5.74) is 3.23. The van der Waals surface area contributed by atoms with Gasteiger partial charge in [-0.3, -0.25) is 24.5 Å². The monoisotopic (exact) mass is 539 g/mol. The molecule has 0 bridgehead atoms.